The molecule has 368 valence electrons. The summed E-state index contributed by atoms with van der Waals surface area (Å²) in [7, 11) is -6.56. The van der Waals surface area contributed by atoms with E-state index in [0.29, 0.717) is 50.0 Å². The molecule has 0 aromatic heterocycles. The first-order valence-electron chi connectivity index (χ1n) is 20.9. The number of nitrogens with one attached hydrogen (secondary N) is 2. The van der Waals surface area contributed by atoms with Gasteiger partial charge in [0.25, 0.3) is 21.9 Å². The van der Waals surface area contributed by atoms with Crippen LogP contribution in [0.25, 0.3) is 21.5 Å². The molecule has 8 rings (SSSR count). The Morgan fingerprint density at radius 1 is 0.575 bits per heavy atom. The van der Waals surface area contributed by atoms with Crippen LogP contribution in [0.1, 0.15) is 31.8 Å². The van der Waals surface area contributed by atoms with E-state index in [0.717, 1.165) is 12.1 Å². The normalized spacial score (nSPS) is 11.5. The standard InChI is InChI=1S/2C25H20ClN3O6S.Ba/c2*1-14-11-16(26)13-21(36(32,33)34)22(14)28-29-23-19-6-4-3-5-15(19)12-20(24(23)30)25(31)27-17-7-9-18(35-2)10-8-17;/h2*3-13,30H,1-2H3,(H,27,31)(H,32,33,34);/q;;+2/p-2. The van der Waals surface area contributed by atoms with Crippen LogP contribution in [0.15, 0.2) is 164 Å². The molecule has 0 bridgehead atoms. The van der Waals surface area contributed by atoms with Crippen molar-refractivity contribution in [3.05, 3.63) is 166 Å². The van der Waals surface area contributed by atoms with E-state index in [1.54, 1.807) is 104 Å². The number of fused-ring (bicyclic) bond motifs is 2. The van der Waals surface area contributed by atoms with Crippen molar-refractivity contribution >= 4 is 160 Å². The zero-order chi connectivity index (χ0) is 52.1. The van der Waals surface area contributed by atoms with Crippen molar-refractivity contribution in [3.63, 3.8) is 0 Å². The van der Waals surface area contributed by atoms with Gasteiger partial charge in [0.15, 0.2) is 5.75 Å². The monoisotopic (exact) mass is 1190 g/mol. The van der Waals surface area contributed by atoms with Crippen LogP contribution >= 0.6 is 23.2 Å². The van der Waals surface area contributed by atoms with E-state index in [9.17, 15) is 45.7 Å². The molecule has 0 radical (unpaired) electrons. The number of phenolic OH excluding ortho intramolecular Hbond substituents is 1. The molecular formula is C50H38BaCl2N6O12S2. The number of rotatable bonds is 12. The number of ether oxygens (including phenoxy) is 2. The maximum absolute atomic E-state index is 13.3. The largest absolute Gasteiger partial charge is 2.00 e. The predicted octanol–water partition coefficient (Wildman–Crippen LogP) is 11.5. The molecule has 8 aromatic carbocycles. The van der Waals surface area contributed by atoms with Gasteiger partial charge >= 0.3 is 48.9 Å². The first kappa shape index (κ1) is 55.9. The van der Waals surface area contributed by atoms with Crippen molar-refractivity contribution in [2.45, 2.75) is 23.6 Å². The number of phenols is 1. The number of anilines is 2. The second kappa shape index (κ2) is 23.6. The van der Waals surface area contributed by atoms with Gasteiger partial charge in [-0.2, -0.15) is 13.5 Å². The number of carbonyl (C=O) groups excluding carboxylic acids is 2. The molecule has 23 heteroatoms. The molecule has 18 nitrogen and oxygen atoms in total. The van der Waals surface area contributed by atoms with Crippen LogP contribution in [0.5, 0.6) is 23.0 Å². The number of nitrogens with zero attached hydrogens (tertiary/aromatic N) is 4. The van der Waals surface area contributed by atoms with E-state index in [-0.39, 0.29) is 98.4 Å². The molecule has 0 atom stereocenters. The van der Waals surface area contributed by atoms with Gasteiger partial charge in [0.05, 0.1) is 30.4 Å². The van der Waals surface area contributed by atoms with Crippen molar-refractivity contribution in [1.82, 2.24) is 0 Å². The number of amides is 2. The molecule has 0 heterocycles. The van der Waals surface area contributed by atoms with Gasteiger partial charge in [-0.3, -0.25) is 14.1 Å². The predicted molar refractivity (Wildman–Crippen MR) is 275 cm³/mol. The van der Waals surface area contributed by atoms with E-state index >= 15 is 0 Å². The van der Waals surface area contributed by atoms with Crippen molar-refractivity contribution in [2.75, 3.05) is 24.9 Å². The summed E-state index contributed by atoms with van der Waals surface area (Å²) in [5.74, 6) is -1.22. The maximum atomic E-state index is 13.3. The number of azo groups is 2. The number of aromatic hydroxyl groups is 1. The summed E-state index contributed by atoms with van der Waals surface area (Å²) in [4.78, 5) is 24.8. The first-order valence-corrected chi connectivity index (χ1v) is 24.5. The molecule has 0 saturated heterocycles. The third-order valence-corrected chi connectivity index (χ3v) is 12.8. The molecule has 2 amide bonds. The minimum Gasteiger partial charge on any atom is -0.870 e. The van der Waals surface area contributed by atoms with Gasteiger partial charge in [0.2, 0.25) is 0 Å². The smallest absolute Gasteiger partial charge is 0.870 e. The van der Waals surface area contributed by atoms with Crippen molar-refractivity contribution in [3.8, 4) is 23.0 Å². The molecule has 0 unspecified atom stereocenters. The molecule has 0 spiro atoms. The molecule has 0 aliphatic rings. The molecule has 8 aromatic rings. The van der Waals surface area contributed by atoms with Crippen molar-refractivity contribution in [1.29, 1.82) is 0 Å². The van der Waals surface area contributed by atoms with Gasteiger partial charge in [-0.1, -0.05) is 77.5 Å². The zero-order valence-electron chi connectivity index (χ0n) is 38.7. The number of hydrogen-bond acceptors (Lipinski definition) is 15. The second-order valence-corrected chi connectivity index (χ2v) is 19.1. The minimum atomic E-state index is -4.94. The fraction of sp³-hybridized carbons (Fsp3) is 0.0800. The van der Waals surface area contributed by atoms with Crippen LogP contribution in [0.2, 0.25) is 10.0 Å². The van der Waals surface area contributed by atoms with E-state index in [1.165, 1.54) is 45.4 Å². The van der Waals surface area contributed by atoms with E-state index in [4.69, 9.17) is 32.7 Å². The molecule has 73 heavy (non-hydrogen) atoms. The van der Waals surface area contributed by atoms with E-state index in [1.807, 2.05) is 0 Å². The molecule has 0 aliphatic carbocycles. The zero-order valence-corrected chi connectivity index (χ0v) is 46.3. The van der Waals surface area contributed by atoms with Crippen LogP contribution in [0, 0.1) is 13.8 Å². The summed E-state index contributed by atoms with van der Waals surface area (Å²) in [6.45, 7) is 3.05. The van der Waals surface area contributed by atoms with Crippen LogP contribution < -0.4 is 25.2 Å². The number of carbonyl (C=O) groups is 2. The van der Waals surface area contributed by atoms with Crippen LogP contribution in [0.3, 0.4) is 0 Å². The fourth-order valence-corrected chi connectivity index (χ4v) is 9.27. The third-order valence-electron chi connectivity index (χ3n) is 10.7. The minimum absolute atomic E-state index is 0. The van der Waals surface area contributed by atoms with Gasteiger partial charge < -0.3 is 34.9 Å². The van der Waals surface area contributed by atoms with Gasteiger partial charge in [-0.15, -0.1) is 15.3 Å². The summed E-state index contributed by atoms with van der Waals surface area (Å²) in [5, 5.41) is 47.9. The molecule has 4 N–H and O–H groups in total. The summed E-state index contributed by atoms with van der Waals surface area (Å²) in [6, 6.07) is 34.7. The quantitative estimate of drug-likeness (QED) is 0.0505. The number of hydrogen-bond donors (Lipinski definition) is 4. The number of methoxy groups -OCH3 is 2. The van der Waals surface area contributed by atoms with Crippen LogP contribution in [0.4, 0.5) is 34.1 Å². The Hall–Kier alpha value is -6.41. The van der Waals surface area contributed by atoms with E-state index in [2.05, 4.69) is 31.1 Å². The van der Waals surface area contributed by atoms with Gasteiger partial charge in [0, 0.05) is 37.8 Å². The summed E-state index contributed by atoms with van der Waals surface area (Å²) < 4.78 is 78.9. The molecule has 0 saturated carbocycles. The Bertz CT molecular complexity index is 3490. The average Bonchev–Trinajstić information content (AvgIpc) is 3.33. The van der Waals surface area contributed by atoms with Crippen LogP contribution in [-0.2, 0) is 20.2 Å². The Balaban J connectivity index is 0.000000235. The summed E-state index contributed by atoms with van der Waals surface area (Å²) in [5.41, 5.74) is 0.626. The number of benzene rings is 8. The van der Waals surface area contributed by atoms with Gasteiger partial charge in [-0.05, 0) is 121 Å². The Morgan fingerprint density at radius 3 is 1.44 bits per heavy atom. The van der Waals surface area contributed by atoms with Gasteiger partial charge in [0.1, 0.15) is 43.6 Å². The average molecular weight is 1190 g/mol. The maximum Gasteiger partial charge on any atom is 2.00 e. The number of aryl methyl sites for hydroxylation is 2. The Kier molecular flexibility index (Phi) is 18.1. The van der Waals surface area contributed by atoms with Crippen LogP contribution in [-0.4, -0.2) is 106 Å². The molecule has 0 aliphatic heterocycles. The Morgan fingerprint density at radius 2 is 0.973 bits per heavy atom. The Labute approximate surface area is 468 Å². The third kappa shape index (κ3) is 13.2. The summed E-state index contributed by atoms with van der Waals surface area (Å²) in [6.07, 6.45) is 0. The van der Waals surface area contributed by atoms with Crippen molar-refractivity contribution in [2.24, 2.45) is 20.5 Å². The van der Waals surface area contributed by atoms with E-state index < -0.39 is 53.3 Å². The second-order valence-electron chi connectivity index (χ2n) is 15.5. The fourth-order valence-electron chi connectivity index (χ4n) is 7.17. The summed E-state index contributed by atoms with van der Waals surface area (Å²) >= 11 is 11.9. The van der Waals surface area contributed by atoms with Crippen molar-refractivity contribution < 1.29 is 55.2 Å². The topological polar surface area (TPSA) is 281 Å². The van der Waals surface area contributed by atoms with Gasteiger partial charge in [-0.25, -0.2) is 8.42 Å². The number of halogens is 2. The first-order chi connectivity index (χ1) is 34.2. The molecular weight excluding hydrogens is 1150 g/mol. The molecule has 0 fully saturated rings. The SMILES string of the molecule is COc1ccc(NC(=O)c2cc3ccccc3c(N=Nc3c(C)cc(Cl)cc3S(=O)(=O)O)c2O)cc1.COc1ccc(NC(=O)c2cc3ccccc3c(N=Nc3c(C)cc(Cl)cc3S(=O)(=O)[O-])c2[O-])cc1.[Ba+2].